The number of nitriles is 1. The fraction of sp³-hybridized carbons (Fsp3) is 0.235. The van der Waals surface area contributed by atoms with Crippen molar-refractivity contribution in [3.8, 4) is 28.7 Å². The number of nitrogens with zero attached hydrogens (tertiary/aromatic N) is 2. The summed E-state index contributed by atoms with van der Waals surface area (Å²) in [5.41, 5.74) is 4.81. The van der Waals surface area contributed by atoms with Crippen LogP contribution in [0.5, 0.6) is 11.5 Å². The monoisotopic (exact) mass is 629 g/mol. The van der Waals surface area contributed by atoms with Crippen LogP contribution in [0.15, 0.2) is 73.1 Å². The first-order valence-corrected chi connectivity index (χ1v) is 14.6. The van der Waals surface area contributed by atoms with E-state index >= 15 is 0 Å². The number of carbonyl (C=O) groups is 2. The number of fused-ring (bicyclic) bond motifs is 1. The lowest BCUT2D eigenvalue weighted by Gasteiger charge is -2.20. The summed E-state index contributed by atoms with van der Waals surface area (Å²) in [6.07, 6.45) is 3.55. The van der Waals surface area contributed by atoms with Crippen molar-refractivity contribution in [2.24, 2.45) is 0 Å². The molecule has 230 valence electrons. The minimum absolute atomic E-state index is 0.0145. The maximum atomic E-state index is 14.6. The van der Waals surface area contributed by atoms with Gasteiger partial charge in [0.1, 0.15) is 42.1 Å². The van der Waals surface area contributed by atoms with Gasteiger partial charge in [-0.25, -0.2) is 4.39 Å². The fourth-order valence-electron chi connectivity index (χ4n) is 5.37. The largest absolute Gasteiger partial charge is 0.488 e. The van der Waals surface area contributed by atoms with Gasteiger partial charge in [0.25, 0.3) is 0 Å². The first-order chi connectivity index (χ1) is 21.7. The molecule has 0 unspecified atom stereocenters. The number of aromatic nitrogens is 1. The van der Waals surface area contributed by atoms with Crippen molar-refractivity contribution in [3.05, 3.63) is 112 Å². The van der Waals surface area contributed by atoms with Gasteiger partial charge in [-0.15, -0.1) is 0 Å². The van der Waals surface area contributed by atoms with Crippen molar-refractivity contribution in [3.63, 3.8) is 0 Å². The van der Waals surface area contributed by atoms with E-state index in [0.29, 0.717) is 46.6 Å². The molecule has 1 aliphatic carbocycles. The Morgan fingerprint density at radius 3 is 2.64 bits per heavy atom. The molecule has 0 radical (unpaired) electrons. The average molecular weight is 630 g/mol. The van der Waals surface area contributed by atoms with Crippen LogP contribution < -0.4 is 14.8 Å². The third-order valence-corrected chi connectivity index (χ3v) is 7.86. The highest BCUT2D eigenvalue weighted by molar-refractivity contribution is 6.32. The van der Waals surface area contributed by atoms with Crippen molar-refractivity contribution < 1.29 is 33.7 Å². The van der Waals surface area contributed by atoms with Gasteiger partial charge in [0.2, 0.25) is 0 Å². The molecule has 0 bridgehead atoms. The summed E-state index contributed by atoms with van der Waals surface area (Å²) >= 11 is 6.69. The number of benzene rings is 3. The summed E-state index contributed by atoms with van der Waals surface area (Å²) in [5, 5.41) is 31.0. The predicted molar refractivity (Wildman–Crippen MR) is 163 cm³/mol. The van der Waals surface area contributed by atoms with Crippen molar-refractivity contribution in [1.82, 2.24) is 10.3 Å². The summed E-state index contributed by atoms with van der Waals surface area (Å²) in [6.45, 7) is 0.0664. The molecule has 0 spiro atoms. The number of carboxylic acid groups (broad SMARTS) is 2. The number of aliphatic carboxylic acids is 2. The predicted octanol–water partition coefficient (Wildman–Crippen LogP) is 6.47. The second-order valence-corrected chi connectivity index (χ2v) is 11.0. The molecule has 1 heterocycles. The van der Waals surface area contributed by atoms with E-state index in [1.807, 2.05) is 24.3 Å². The molecule has 45 heavy (non-hydrogen) atoms. The van der Waals surface area contributed by atoms with E-state index in [1.54, 1.807) is 42.6 Å². The number of hydrogen-bond acceptors (Lipinski definition) is 7. The summed E-state index contributed by atoms with van der Waals surface area (Å²) < 4.78 is 27.2. The van der Waals surface area contributed by atoms with Crippen molar-refractivity contribution in [2.45, 2.75) is 51.0 Å². The van der Waals surface area contributed by atoms with E-state index in [9.17, 15) is 24.3 Å². The van der Waals surface area contributed by atoms with E-state index < -0.39 is 18.0 Å². The van der Waals surface area contributed by atoms with Gasteiger partial charge in [-0.05, 0) is 54.2 Å². The number of nitrogens with one attached hydrogen (secondary N) is 1. The maximum absolute atomic E-state index is 14.6. The summed E-state index contributed by atoms with van der Waals surface area (Å²) in [7, 11) is 0. The van der Waals surface area contributed by atoms with Gasteiger partial charge in [-0.1, -0.05) is 48.0 Å². The SMILES string of the molecule is N#Cc1cncc(COc2cc(O[C@H]3CCc4c(-c5ccccc5F)cccc43)c(Cl)cc2CN[C@@H](CCC(=O)O)C(=O)O)c1. The van der Waals surface area contributed by atoms with Gasteiger partial charge in [0, 0.05) is 48.1 Å². The van der Waals surface area contributed by atoms with Crippen LogP contribution in [0.2, 0.25) is 5.02 Å². The molecule has 0 saturated heterocycles. The van der Waals surface area contributed by atoms with Crippen LogP contribution in [-0.2, 0) is 29.2 Å². The number of halogens is 2. The Labute approximate surface area is 263 Å². The number of rotatable bonds is 13. The quantitative estimate of drug-likeness (QED) is 0.152. The van der Waals surface area contributed by atoms with Crippen LogP contribution in [0.3, 0.4) is 0 Å². The first-order valence-electron chi connectivity index (χ1n) is 14.2. The highest BCUT2D eigenvalue weighted by Gasteiger charge is 2.28. The minimum Gasteiger partial charge on any atom is -0.488 e. The van der Waals surface area contributed by atoms with E-state index in [0.717, 1.165) is 16.7 Å². The molecular weight excluding hydrogens is 601 g/mol. The Balaban J connectivity index is 1.42. The summed E-state index contributed by atoms with van der Waals surface area (Å²) in [4.78, 5) is 26.8. The molecular formula is C34H29ClFN3O6. The molecule has 0 amide bonds. The van der Waals surface area contributed by atoms with Gasteiger partial charge >= 0.3 is 11.9 Å². The second-order valence-electron chi connectivity index (χ2n) is 10.6. The Morgan fingerprint density at radius 2 is 1.89 bits per heavy atom. The molecule has 1 aliphatic rings. The molecule has 2 atom stereocenters. The van der Waals surface area contributed by atoms with E-state index in [1.165, 1.54) is 12.3 Å². The molecule has 3 aromatic carbocycles. The zero-order valence-corrected chi connectivity index (χ0v) is 24.8. The molecule has 9 nitrogen and oxygen atoms in total. The molecule has 0 saturated carbocycles. The van der Waals surface area contributed by atoms with Crippen molar-refractivity contribution in [2.75, 3.05) is 0 Å². The number of carboxylic acids is 2. The Hall–Kier alpha value is -4.98. The molecule has 3 N–H and O–H groups in total. The smallest absolute Gasteiger partial charge is 0.320 e. The molecule has 11 heteroatoms. The van der Waals surface area contributed by atoms with Gasteiger partial charge in [0.05, 0.1) is 10.6 Å². The molecule has 5 rings (SSSR count). The third kappa shape index (κ3) is 7.58. The lowest BCUT2D eigenvalue weighted by Crippen LogP contribution is -2.36. The summed E-state index contributed by atoms with van der Waals surface area (Å²) in [6, 6.07) is 18.2. The molecule has 0 aliphatic heterocycles. The van der Waals surface area contributed by atoms with Crippen molar-refractivity contribution >= 4 is 23.5 Å². The van der Waals surface area contributed by atoms with Gasteiger partial charge in [-0.2, -0.15) is 5.26 Å². The van der Waals surface area contributed by atoms with E-state index in [-0.39, 0.29) is 42.9 Å². The minimum atomic E-state index is -1.18. The van der Waals surface area contributed by atoms with Crippen LogP contribution in [-0.4, -0.2) is 33.2 Å². The number of pyridine rings is 1. The Bertz CT molecular complexity index is 1780. The first kappa shape index (κ1) is 31.4. The van der Waals surface area contributed by atoms with E-state index in [2.05, 4.69) is 10.3 Å². The standard InChI is InChI=1S/C34H29ClFN3O6/c35-27-13-22(18-39-29(34(42)43)9-11-33(40)41)31(44-19-21-12-20(15-37)16-38-17-21)14-32(27)45-30-10-8-24-23(5-3-6-26(24)30)25-4-1-2-7-28(25)36/h1-7,12-14,16-17,29-30,39H,8-11,18-19H2,(H,40,41)(H,42,43)/t29-,30-/m0/s1. The van der Waals surface area contributed by atoms with Crippen LogP contribution in [0.4, 0.5) is 4.39 Å². The lowest BCUT2D eigenvalue weighted by molar-refractivity contribution is -0.140. The highest BCUT2D eigenvalue weighted by atomic mass is 35.5. The van der Waals surface area contributed by atoms with E-state index in [4.69, 9.17) is 26.2 Å². The van der Waals surface area contributed by atoms with Gasteiger partial charge in [0.15, 0.2) is 0 Å². The topological polar surface area (TPSA) is 142 Å². The molecule has 4 aromatic rings. The Morgan fingerprint density at radius 1 is 1.09 bits per heavy atom. The average Bonchev–Trinajstić information content (AvgIpc) is 3.44. The summed E-state index contributed by atoms with van der Waals surface area (Å²) in [5.74, 6) is -1.88. The fourth-order valence-corrected chi connectivity index (χ4v) is 5.60. The zero-order chi connectivity index (χ0) is 31.9. The van der Waals surface area contributed by atoms with Crippen LogP contribution in [0, 0.1) is 17.1 Å². The number of ether oxygens (including phenoxy) is 2. The van der Waals surface area contributed by atoms with Crippen molar-refractivity contribution in [1.29, 1.82) is 5.26 Å². The Kier molecular flexibility index (Phi) is 9.92. The van der Waals surface area contributed by atoms with Gasteiger partial charge < -0.3 is 25.0 Å². The maximum Gasteiger partial charge on any atom is 0.320 e. The highest BCUT2D eigenvalue weighted by Crippen LogP contribution is 2.43. The lowest BCUT2D eigenvalue weighted by atomic mass is 9.96. The van der Waals surface area contributed by atoms with Crippen LogP contribution in [0.1, 0.15) is 53.2 Å². The normalized spacial score (nSPS) is 14.3. The third-order valence-electron chi connectivity index (χ3n) is 7.57. The second kappa shape index (κ2) is 14.2. The van der Waals surface area contributed by atoms with Crippen LogP contribution >= 0.6 is 11.6 Å². The van der Waals surface area contributed by atoms with Crippen LogP contribution in [0.25, 0.3) is 11.1 Å². The molecule has 1 aromatic heterocycles. The zero-order valence-electron chi connectivity index (χ0n) is 24.0. The van der Waals surface area contributed by atoms with Gasteiger partial charge in [-0.3, -0.25) is 14.6 Å². The number of hydrogen-bond donors (Lipinski definition) is 3. The molecule has 0 fully saturated rings.